The zero-order chi connectivity index (χ0) is 13.3. The maximum Gasteiger partial charge on any atom is 0.238 e. The molecule has 6 heteroatoms. The average Bonchev–Trinajstić information content (AvgIpc) is 2.57. The zero-order valence-electron chi connectivity index (χ0n) is 10.6. The molecule has 0 spiro atoms. The third kappa shape index (κ3) is 3.01. The average molecular weight is 269 g/mol. The number of nitrogens with one attached hydrogen (secondary N) is 1. The Morgan fingerprint density at radius 2 is 1.94 bits per heavy atom. The van der Waals surface area contributed by atoms with Crippen molar-refractivity contribution in [2.24, 2.45) is 5.14 Å². The summed E-state index contributed by atoms with van der Waals surface area (Å²) in [4.78, 5) is 2.45. The van der Waals surface area contributed by atoms with Crippen LogP contribution in [-0.2, 0) is 10.0 Å². The number of likely N-dealkylation sites (tertiary alicyclic amines) is 1. The van der Waals surface area contributed by atoms with Crippen molar-refractivity contribution in [2.75, 3.05) is 18.9 Å². The molecule has 18 heavy (non-hydrogen) atoms. The number of hydrogen-bond acceptors (Lipinski definition) is 4. The lowest BCUT2D eigenvalue weighted by atomic mass is 10.2. The zero-order valence-corrected chi connectivity index (χ0v) is 11.4. The third-order valence-corrected chi connectivity index (χ3v) is 4.37. The Hall–Kier alpha value is -1.11. The Morgan fingerprint density at radius 3 is 2.39 bits per heavy atom. The molecule has 1 aliphatic heterocycles. The van der Waals surface area contributed by atoms with Crippen LogP contribution in [0.25, 0.3) is 0 Å². The van der Waals surface area contributed by atoms with E-state index in [-0.39, 0.29) is 4.90 Å². The minimum absolute atomic E-state index is 0.143. The van der Waals surface area contributed by atoms with Crippen molar-refractivity contribution < 1.29 is 8.42 Å². The first kappa shape index (κ1) is 13.3. The van der Waals surface area contributed by atoms with E-state index < -0.39 is 10.0 Å². The van der Waals surface area contributed by atoms with Crippen LogP contribution >= 0.6 is 0 Å². The second-order valence-electron chi connectivity index (χ2n) is 4.93. The lowest BCUT2D eigenvalue weighted by molar-refractivity contribution is 0.330. The number of hydrogen-bond donors (Lipinski definition) is 2. The minimum atomic E-state index is -3.60. The molecule has 2 atom stereocenters. The van der Waals surface area contributed by atoms with Crippen LogP contribution in [0, 0.1) is 0 Å². The van der Waals surface area contributed by atoms with Gasteiger partial charge in [-0.05, 0) is 44.7 Å². The number of nitrogens with two attached hydrogens (primary N) is 1. The van der Waals surface area contributed by atoms with Gasteiger partial charge in [0, 0.05) is 24.3 Å². The number of anilines is 1. The van der Waals surface area contributed by atoms with Crippen molar-refractivity contribution in [1.82, 2.24) is 4.90 Å². The van der Waals surface area contributed by atoms with E-state index in [9.17, 15) is 8.42 Å². The largest absolute Gasteiger partial charge is 0.381 e. The van der Waals surface area contributed by atoms with Crippen molar-refractivity contribution in [3.05, 3.63) is 24.3 Å². The van der Waals surface area contributed by atoms with E-state index in [2.05, 4.69) is 24.2 Å². The van der Waals surface area contributed by atoms with Crippen molar-refractivity contribution in [3.8, 4) is 0 Å². The summed E-state index contributed by atoms with van der Waals surface area (Å²) in [6, 6.07) is 7.54. The highest BCUT2D eigenvalue weighted by molar-refractivity contribution is 7.89. The Bertz CT molecular complexity index is 503. The van der Waals surface area contributed by atoms with E-state index in [4.69, 9.17) is 5.14 Å². The Balaban J connectivity index is 2.03. The van der Waals surface area contributed by atoms with Gasteiger partial charge in [-0.1, -0.05) is 0 Å². The number of sulfonamides is 1. The van der Waals surface area contributed by atoms with Crippen LogP contribution in [0.4, 0.5) is 5.69 Å². The summed E-state index contributed by atoms with van der Waals surface area (Å²) in [6.45, 7) is 3.20. The molecular formula is C12H19N3O2S. The molecule has 0 aliphatic carbocycles. The number of nitrogens with zero attached hydrogens (tertiary/aromatic N) is 1. The van der Waals surface area contributed by atoms with Crippen LogP contribution in [0.2, 0.25) is 0 Å². The summed E-state index contributed by atoms with van der Waals surface area (Å²) in [7, 11) is -1.49. The van der Waals surface area contributed by atoms with E-state index in [0.29, 0.717) is 12.1 Å². The summed E-state index contributed by atoms with van der Waals surface area (Å²) in [5.41, 5.74) is 0.926. The Morgan fingerprint density at radius 1 is 1.33 bits per heavy atom. The lowest BCUT2D eigenvalue weighted by Crippen LogP contribution is -2.24. The van der Waals surface area contributed by atoms with Crippen molar-refractivity contribution in [2.45, 2.75) is 30.3 Å². The van der Waals surface area contributed by atoms with Gasteiger partial charge in [0.25, 0.3) is 0 Å². The van der Waals surface area contributed by atoms with Crippen LogP contribution < -0.4 is 10.5 Å². The van der Waals surface area contributed by atoms with Gasteiger partial charge in [-0.3, -0.25) is 0 Å². The molecule has 1 aromatic rings. The van der Waals surface area contributed by atoms with E-state index in [1.165, 1.54) is 12.1 Å². The molecule has 2 rings (SSSR count). The highest BCUT2D eigenvalue weighted by Crippen LogP contribution is 2.20. The smallest absolute Gasteiger partial charge is 0.238 e. The van der Waals surface area contributed by atoms with Gasteiger partial charge >= 0.3 is 0 Å². The van der Waals surface area contributed by atoms with Crippen molar-refractivity contribution >= 4 is 15.7 Å². The second kappa shape index (κ2) is 4.87. The fraction of sp³-hybridized carbons (Fsp3) is 0.500. The monoisotopic (exact) mass is 269 g/mol. The molecule has 1 saturated heterocycles. The molecule has 0 radical (unpaired) electrons. The molecule has 3 N–H and O–H groups in total. The molecule has 0 aromatic heterocycles. The molecule has 1 aromatic carbocycles. The summed E-state index contributed by atoms with van der Waals surface area (Å²) in [5, 5.41) is 8.46. The van der Waals surface area contributed by atoms with Gasteiger partial charge in [0.15, 0.2) is 0 Å². The summed E-state index contributed by atoms with van der Waals surface area (Å²) < 4.78 is 22.3. The fourth-order valence-electron chi connectivity index (χ4n) is 2.27. The normalized spacial score (nSPS) is 25.3. The predicted molar refractivity (Wildman–Crippen MR) is 71.9 cm³/mol. The SMILES string of the molecule is CC1CC(Nc2ccc(S(N)(=O)=O)cc2)CN1C. The first-order valence-electron chi connectivity index (χ1n) is 5.96. The summed E-state index contributed by atoms with van der Waals surface area (Å²) in [5.74, 6) is 0. The first-order chi connectivity index (χ1) is 8.36. The predicted octanol–water partition coefficient (Wildman–Crippen LogP) is 0.838. The number of rotatable bonds is 3. The maximum atomic E-state index is 11.1. The summed E-state index contributed by atoms with van der Waals surface area (Å²) >= 11 is 0. The molecule has 2 unspecified atom stereocenters. The van der Waals surface area contributed by atoms with Gasteiger partial charge in [-0.2, -0.15) is 0 Å². The molecule has 5 nitrogen and oxygen atoms in total. The maximum absolute atomic E-state index is 11.1. The van der Waals surface area contributed by atoms with E-state index in [1.54, 1.807) is 12.1 Å². The highest BCUT2D eigenvalue weighted by Gasteiger charge is 2.25. The van der Waals surface area contributed by atoms with E-state index in [0.717, 1.165) is 18.7 Å². The molecule has 1 aliphatic rings. The molecule has 1 fully saturated rings. The molecule has 1 heterocycles. The van der Waals surface area contributed by atoms with E-state index in [1.807, 2.05) is 0 Å². The van der Waals surface area contributed by atoms with Gasteiger partial charge < -0.3 is 10.2 Å². The number of primary sulfonamides is 1. The van der Waals surface area contributed by atoms with E-state index >= 15 is 0 Å². The van der Waals surface area contributed by atoms with Gasteiger partial charge in [0.05, 0.1) is 4.90 Å². The standard InChI is InChI=1S/C12H19N3O2S/c1-9-7-11(8-15(9)2)14-10-3-5-12(6-4-10)18(13,16)17/h3-6,9,11,14H,7-8H2,1-2H3,(H2,13,16,17). The fourth-order valence-corrected chi connectivity index (χ4v) is 2.79. The van der Waals surface area contributed by atoms with Crippen LogP contribution in [-0.4, -0.2) is 39.0 Å². The minimum Gasteiger partial charge on any atom is -0.381 e. The van der Waals surface area contributed by atoms with Gasteiger partial charge in [-0.15, -0.1) is 0 Å². The molecule has 0 amide bonds. The Kier molecular flexibility index (Phi) is 3.61. The third-order valence-electron chi connectivity index (χ3n) is 3.44. The summed E-state index contributed by atoms with van der Waals surface area (Å²) in [6.07, 6.45) is 1.09. The topological polar surface area (TPSA) is 75.4 Å². The van der Waals surface area contributed by atoms with Crippen molar-refractivity contribution in [3.63, 3.8) is 0 Å². The van der Waals surface area contributed by atoms with Crippen LogP contribution in [0.3, 0.4) is 0 Å². The second-order valence-corrected chi connectivity index (χ2v) is 6.50. The lowest BCUT2D eigenvalue weighted by Gasteiger charge is -2.14. The Labute approximate surface area is 108 Å². The van der Waals surface area contributed by atoms with Crippen LogP contribution in [0.1, 0.15) is 13.3 Å². The first-order valence-corrected chi connectivity index (χ1v) is 7.50. The molecular weight excluding hydrogens is 250 g/mol. The quantitative estimate of drug-likeness (QED) is 0.852. The van der Waals surface area contributed by atoms with Gasteiger partial charge in [-0.25, -0.2) is 13.6 Å². The van der Waals surface area contributed by atoms with Gasteiger partial charge in [0.2, 0.25) is 10.0 Å². The van der Waals surface area contributed by atoms with Gasteiger partial charge in [0.1, 0.15) is 0 Å². The van der Waals surface area contributed by atoms with Crippen molar-refractivity contribution in [1.29, 1.82) is 0 Å². The number of benzene rings is 1. The molecule has 0 bridgehead atoms. The molecule has 100 valence electrons. The molecule has 0 saturated carbocycles. The number of likely N-dealkylation sites (N-methyl/N-ethyl adjacent to an activating group) is 1. The highest BCUT2D eigenvalue weighted by atomic mass is 32.2. The van der Waals surface area contributed by atoms with Crippen LogP contribution in [0.5, 0.6) is 0 Å². The van der Waals surface area contributed by atoms with Crippen LogP contribution in [0.15, 0.2) is 29.2 Å².